The second kappa shape index (κ2) is 7.66. The summed E-state index contributed by atoms with van der Waals surface area (Å²) in [6.45, 7) is 5.40. The van der Waals surface area contributed by atoms with Crippen LogP contribution < -0.4 is 9.64 Å². The van der Waals surface area contributed by atoms with Crippen molar-refractivity contribution in [1.82, 2.24) is 4.90 Å². The van der Waals surface area contributed by atoms with Gasteiger partial charge in [-0.3, -0.25) is 4.79 Å². The fourth-order valence-electron chi connectivity index (χ4n) is 2.72. The summed E-state index contributed by atoms with van der Waals surface area (Å²) in [5.41, 5.74) is 0.440. The molecule has 0 aliphatic carbocycles. The zero-order valence-corrected chi connectivity index (χ0v) is 15.7. The van der Waals surface area contributed by atoms with Gasteiger partial charge in [-0.15, -0.1) is 13.2 Å². The number of anilines is 1. The summed E-state index contributed by atoms with van der Waals surface area (Å²) in [5, 5.41) is 0. The molecule has 0 saturated carbocycles. The molecule has 1 aromatic rings. The first-order valence-corrected chi connectivity index (χ1v) is 8.49. The maximum atomic E-state index is 12.6. The number of nitrogens with zero attached hydrogens (tertiary/aromatic N) is 2. The molecule has 0 saturated heterocycles. The molecule has 6 nitrogen and oxygen atoms in total. The van der Waals surface area contributed by atoms with Crippen LogP contribution in [0, 0.1) is 0 Å². The molecule has 0 fully saturated rings. The van der Waals surface area contributed by atoms with E-state index < -0.39 is 18.1 Å². The molecule has 0 radical (unpaired) electrons. The number of fused-ring (bicyclic) bond motifs is 1. The zero-order chi connectivity index (χ0) is 20.4. The van der Waals surface area contributed by atoms with Crippen LogP contribution >= 0.6 is 0 Å². The normalized spacial score (nSPS) is 14.4. The summed E-state index contributed by atoms with van der Waals surface area (Å²) in [6.07, 6.45) is -4.25. The second-order valence-electron chi connectivity index (χ2n) is 7.32. The van der Waals surface area contributed by atoms with E-state index in [9.17, 15) is 22.8 Å². The minimum absolute atomic E-state index is 0.199. The molecular weight excluding hydrogens is 365 g/mol. The molecule has 1 heterocycles. The van der Waals surface area contributed by atoms with Crippen molar-refractivity contribution >= 4 is 17.7 Å². The van der Waals surface area contributed by atoms with Crippen LogP contribution in [0.2, 0.25) is 0 Å². The number of likely N-dealkylation sites (N-methyl/N-ethyl adjacent to an activating group) is 1. The van der Waals surface area contributed by atoms with Crippen molar-refractivity contribution in [3.05, 3.63) is 23.8 Å². The van der Waals surface area contributed by atoms with Crippen LogP contribution in [0.3, 0.4) is 0 Å². The van der Waals surface area contributed by atoms with Crippen molar-refractivity contribution in [2.45, 2.75) is 45.6 Å². The van der Waals surface area contributed by atoms with Gasteiger partial charge < -0.3 is 19.3 Å². The molecule has 27 heavy (non-hydrogen) atoms. The Balaban J connectivity index is 2.10. The number of carbonyl (C=O) groups excluding carboxylic acids is 2. The lowest BCUT2D eigenvalue weighted by molar-refractivity contribution is -0.274. The summed E-state index contributed by atoms with van der Waals surface area (Å²) >= 11 is 0. The molecule has 1 aliphatic heterocycles. The highest BCUT2D eigenvalue weighted by molar-refractivity contribution is 5.97. The average Bonchev–Trinajstić information content (AvgIpc) is 2.50. The molecular formula is C18H23F3N2O4. The van der Waals surface area contributed by atoms with E-state index in [-0.39, 0.29) is 18.2 Å². The smallest absolute Gasteiger partial charge is 0.444 e. The van der Waals surface area contributed by atoms with E-state index in [1.807, 2.05) is 0 Å². The van der Waals surface area contributed by atoms with E-state index in [0.717, 1.165) is 0 Å². The summed E-state index contributed by atoms with van der Waals surface area (Å²) in [7, 11) is 1.46. The Kier molecular flexibility index (Phi) is 5.91. The minimum atomic E-state index is -4.77. The Morgan fingerprint density at radius 3 is 2.48 bits per heavy atom. The molecule has 0 bridgehead atoms. The number of hydrogen-bond donors (Lipinski definition) is 0. The molecule has 2 amide bonds. The number of alkyl halides is 3. The number of rotatable bonds is 3. The third kappa shape index (κ3) is 6.04. The van der Waals surface area contributed by atoms with Gasteiger partial charge >= 0.3 is 12.5 Å². The number of carbonyl (C=O) groups is 2. The van der Waals surface area contributed by atoms with Gasteiger partial charge in [-0.2, -0.15) is 0 Å². The largest absolute Gasteiger partial charge is 0.573 e. The Morgan fingerprint density at radius 1 is 1.22 bits per heavy atom. The summed E-state index contributed by atoms with van der Waals surface area (Å²) in [5.74, 6) is -0.657. The van der Waals surface area contributed by atoms with E-state index in [2.05, 4.69) is 4.74 Å². The maximum Gasteiger partial charge on any atom is 0.573 e. The number of hydrogen-bond acceptors (Lipinski definition) is 4. The molecule has 0 aromatic heterocycles. The third-order valence-electron chi connectivity index (χ3n) is 3.78. The van der Waals surface area contributed by atoms with Gasteiger partial charge in [0.25, 0.3) is 0 Å². The fourth-order valence-corrected chi connectivity index (χ4v) is 2.72. The van der Waals surface area contributed by atoms with Gasteiger partial charge in [0.15, 0.2) is 0 Å². The summed E-state index contributed by atoms with van der Waals surface area (Å²) < 4.78 is 46.3. The Labute approximate surface area is 155 Å². The number of benzene rings is 1. The van der Waals surface area contributed by atoms with Crippen molar-refractivity contribution in [3.63, 3.8) is 0 Å². The lowest BCUT2D eigenvalue weighted by Gasteiger charge is -2.31. The van der Waals surface area contributed by atoms with Crippen LogP contribution in [-0.4, -0.2) is 49.0 Å². The lowest BCUT2D eigenvalue weighted by atomic mass is 10.0. The zero-order valence-electron chi connectivity index (χ0n) is 15.7. The highest BCUT2D eigenvalue weighted by Crippen LogP contribution is 2.32. The van der Waals surface area contributed by atoms with Crippen LogP contribution in [0.4, 0.5) is 23.7 Å². The van der Waals surface area contributed by atoms with Crippen molar-refractivity contribution in [2.24, 2.45) is 0 Å². The van der Waals surface area contributed by atoms with E-state index in [1.165, 1.54) is 35.0 Å². The number of aryl methyl sites for hydroxylation is 1. The van der Waals surface area contributed by atoms with Crippen molar-refractivity contribution in [1.29, 1.82) is 0 Å². The lowest BCUT2D eigenvalue weighted by Crippen LogP contribution is -2.44. The first-order valence-electron chi connectivity index (χ1n) is 8.49. The van der Waals surface area contributed by atoms with Crippen LogP contribution in [-0.2, 0) is 16.0 Å². The quantitative estimate of drug-likeness (QED) is 0.792. The van der Waals surface area contributed by atoms with Crippen molar-refractivity contribution in [3.8, 4) is 5.75 Å². The molecule has 2 rings (SSSR count). The highest BCUT2D eigenvalue weighted by atomic mass is 19.4. The van der Waals surface area contributed by atoms with Gasteiger partial charge in [-0.1, -0.05) is 0 Å². The minimum Gasteiger partial charge on any atom is -0.444 e. The second-order valence-corrected chi connectivity index (χ2v) is 7.32. The Hall–Kier alpha value is -2.45. The first kappa shape index (κ1) is 20.9. The Bertz CT molecular complexity index is 714. The third-order valence-corrected chi connectivity index (χ3v) is 3.78. The predicted molar refractivity (Wildman–Crippen MR) is 92.7 cm³/mol. The summed E-state index contributed by atoms with van der Waals surface area (Å²) in [4.78, 5) is 27.3. The molecule has 150 valence electrons. The highest BCUT2D eigenvalue weighted by Gasteiger charge is 2.32. The average molecular weight is 388 g/mol. The van der Waals surface area contributed by atoms with Crippen LogP contribution in [0.15, 0.2) is 18.2 Å². The van der Waals surface area contributed by atoms with Gasteiger partial charge in [-0.25, -0.2) is 4.79 Å². The van der Waals surface area contributed by atoms with Gasteiger partial charge in [0.1, 0.15) is 17.9 Å². The van der Waals surface area contributed by atoms with E-state index >= 15 is 0 Å². The molecule has 0 unspecified atom stereocenters. The number of amides is 2. The van der Waals surface area contributed by atoms with E-state index in [1.54, 1.807) is 20.8 Å². The topological polar surface area (TPSA) is 59.1 Å². The van der Waals surface area contributed by atoms with Crippen LogP contribution in [0.1, 0.15) is 32.8 Å². The van der Waals surface area contributed by atoms with Gasteiger partial charge in [0.2, 0.25) is 5.91 Å². The fraction of sp³-hybridized carbons (Fsp3) is 0.556. The maximum absolute atomic E-state index is 12.6. The van der Waals surface area contributed by atoms with E-state index in [0.29, 0.717) is 30.6 Å². The molecule has 1 aromatic carbocycles. The standard InChI is InChI=1S/C18H23F3N2O4/c1-17(2,3)27-16(25)22(4)11-15(24)23-9-5-6-12-10-13(7-8-14(12)23)26-18(19,20)21/h7-8,10H,5-6,9,11H2,1-4H3. The molecule has 0 N–H and O–H groups in total. The SMILES string of the molecule is CN(CC(=O)N1CCCc2cc(OC(F)(F)F)ccc21)C(=O)OC(C)(C)C. The molecule has 1 aliphatic rings. The first-order chi connectivity index (χ1) is 12.4. The van der Waals surface area contributed by atoms with Crippen molar-refractivity contribution < 1.29 is 32.2 Å². The van der Waals surface area contributed by atoms with Gasteiger partial charge in [0, 0.05) is 19.3 Å². The number of halogens is 3. The predicted octanol–water partition coefficient (Wildman–Crippen LogP) is 3.73. The van der Waals surface area contributed by atoms with Gasteiger partial charge in [-0.05, 0) is 57.4 Å². The number of ether oxygens (including phenoxy) is 2. The van der Waals surface area contributed by atoms with E-state index in [4.69, 9.17) is 4.74 Å². The van der Waals surface area contributed by atoms with Crippen molar-refractivity contribution in [2.75, 3.05) is 25.0 Å². The molecule has 9 heteroatoms. The van der Waals surface area contributed by atoms with Gasteiger partial charge in [0.05, 0.1) is 0 Å². The monoisotopic (exact) mass is 388 g/mol. The van der Waals surface area contributed by atoms with Crippen LogP contribution in [0.5, 0.6) is 5.75 Å². The summed E-state index contributed by atoms with van der Waals surface area (Å²) in [6, 6.07) is 3.90. The molecule has 0 atom stereocenters. The molecule has 0 spiro atoms. The Morgan fingerprint density at radius 2 is 1.89 bits per heavy atom. The van der Waals surface area contributed by atoms with Crippen LogP contribution in [0.25, 0.3) is 0 Å².